The lowest BCUT2D eigenvalue weighted by Crippen LogP contribution is -2.28. The SMILES string of the molecule is CCC(=C(c1ccccc1)c1ccc(OCCN(C)CCOc2ccc(C(=C(CC)c3ccccc3)c3ccccc3)cc2)cc1)c1ccccc1. The van der Waals surface area contributed by atoms with Crippen LogP contribution in [0.2, 0.25) is 0 Å². The maximum absolute atomic E-state index is 6.18. The van der Waals surface area contributed by atoms with E-state index in [4.69, 9.17) is 9.47 Å². The number of nitrogens with zero attached hydrogens (tertiary/aromatic N) is 1. The fourth-order valence-corrected chi connectivity index (χ4v) is 6.76. The van der Waals surface area contributed by atoms with Gasteiger partial charge in [0.05, 0.1) is 0 Å². The Balaban J connectivity index is 1.04. The van der Waals surface area contributed by atoms with E-state index < -0.39 is 0 Å². The summed E-state index contributed by atoms with van der Waals surface area (Å²) in [6, 6.07) is 59.8. The Morgan fingerprint density at radius 2 is 0.673 bits per heavy atom. The molecule has 0 radical (unpaired) electrons. The van der Waals surface area contributed by atoms with Gasteiger partial charge in [-0.05, 0) is 99.8 Å². The number of hydrogen-bond donors (Lipinski definition) is 0. The first-order valence-corrected chi connectivity index (χ1v) is 18.5. The van der Waals surface area contributed by atoms with Crippen LogP contribution in [0.5, 0.6) is 11.5 Å². The molecule has 6 rings (SSSR count). The Morgan fingerprint density at radius 1 is 0.385 bits per heavy atom. The van der Waals surface area contributed by atoms with E-state index in [0.717, 1.165) is 37.4 Å². The average Bonchev–Trinajstić information content (AvgIpc) is 3.21. The Hall–Kier alpha value is -5.64. The van der Waals surface area contributed by atoms with Crippen molar-refractivity contribution in [2.75, 3.05) is 33.4 Å². The molecule has 0 amide bonds. The first-order valence-electron chi connectivity index (χ1n) is 18.5. The Labute approximate surface area is 310 Å². The molecule has 0 saturated heterocycles. The van der Waals surface area contributed by atoms with Gasteiger partial charge in [-0.2, -0.15) is 0 Å². The van der Waals surface area contributed by atoms with Gasteiger partial charge in [0.25, 0.3) is 0 Å². The molecule has 6 aromatic rings. The van der Waals surface area contributed by atoms with E-state index in [1.165, 1.54) is 55.7 Å². The van der Waals surface area contributed by atoms with Crippen molar-refractivity contribution in [3.05, 3.63) is 203 Å². The van der Waals surface area contributed by atoms with Gasteiger partial charge in [0.2, 0.25) is 0 Å². The smallest absolute Gasteiger partial charge is 0.119 e. The molecular weight excluding hydrogens is 635 g/mol. The van der Waals surface area contributed by atoms with E-state index in [9.17, 15) is 0 Å². The lowest BCUT2D eigenvalue weighted by Gasteiger charge is -2.19. The van der Waals surface area contributed by atoms with Crippen molar-refractivity contribution in [1.29, 1.82) is 0 Å². The number of ether oxygens (including phenoxy) is 2. The first kappa shape index (κ1) is 36.2. The van der Waals surface area contributed by atoms with E-state index in [0.29, 0.717) is 13.2 Å². The van der Waals surface area contributed by atoms with Crippen LogP contribution in [-0.2, 0) is 0 Å². The maximum atomic E-state index is 6.18. The minimum atomic E-state index is 0.603. The first-order chi connectivity index (χ1) is 25.6. The van der Waals surface area contributed by atoms with Crippen LogP contribution >= 0.6 is 0 Å². The lowest BCUT2D eigenvalue weighted by molar-refractivity contribution is 0.202. The molecule has 0 fully saturated rings. The highest BCUT2D eigenvalue weighted by Gasteiger charge is 2.15. The van der Waals surface area contributed by atoms with Crippen LogP contribution in [0.15, 0.2) is 170 Å². The van der Waals surface area contributed by atoms with Gasteiger partial charge in [0.15, 0.2) is 0 Å². The summed E-state index contributed by atoms with van der Waals surface area (Å²) in [5.74, 6) is 1.75. The summed E-state index contributed by atoms with van der Waals surface area (Å²) in [4.78, 5) is 2.25. The predicted molar refractivity (Wildman–Crippen MR) is 220 cm³/mol. The molecule has 3 nitrogen and oxygen atoms in total. The van der Waals surface area contributed by atoms with E-state index >= 15 is 0 Å². The number of rotatable bonds is 16. The summed E-state index contributed by atoms with van der Waals surface area (Å²) in [6.07, 6.45) is 1.88. The van der Waals surface area contributed by atoms with Crippen LogP contribution < -0.4 is 9.47 Å². The fraction of sp³-hybridized carbons (Fsp3) is 0.184. The Kier molecular flexibility index (Phi) is 12.9. The molecule has 0 aromatic heterocycles. The van der Waals surface area contributed by atoms with E-state index in [1.807, 2.05) is 0 Å². The third kappa shape index (κ3) is 9.37. The minimum absolute atomic E-state index is 0.603. The van der Waals surface area contributed by atoms with Gasteiger partial charge < -0.3 is 9.47 Å². The molecule has 0 atom stereocenters. The standard InChI is InChI=1S/C49H49NO2/c1-4-46(38-18-10-6-11-19-38)48(40-22-14-8-15-23-40)42-26-30-44(31-27-42)51-36-34-50(3)35-37-52-45-32-28-43(29-33-45)49(41-24-16-9-17-25-41)47(5-2)39-20-12-7-13-21-39/h6-33H,4-5,34-37H2,1-3H3. The fourth-order valence-electron chi connectivity index (χ4n) is 6.76. The molecule has 0 saturated carbocycles. The van der Waals surface area contributed by atoms with Gasteiger partial charge in [0, 0.05) is 13.1 Å². The van der Waals surface area contributed by atoms with Crippen LogP contribution in [0.1, 0.15) is 60.1 Å². The zero-order chi connectivity index (χ0) is 36.0. The van der Waals surface area contributed by atoms with Crippen molar-refractivity contribution in [3.8, 4) is 11.5 Å². The third-order valence-corrected chi connectivity index (χ3v) is 9.45. The zero-order valence-electron chi connectivity index (χ0n) is 30.7. The number of likely N-dealkylation sites (N-methyl/N-ethyl adjacent to an activating group) is 1. The van der Waals surface area contributed by atoms with Crippen molar-refractivity contribution in [3.63, 3.8) is 0 Å². The van der Waals surface area contributed by atoms with Crippen LogP contribution in [0.3, 0.4) is 0 Å². The van der Waals surface area contributed by atoms with Crippen molar-refractivity contribution >= 4 is 22.3 Å². The summed E-state index contributed by atoms with van der Waals surface area (Å²) < 4.78 is 12.4. The van der Waals surface area contributed by atoms with Crippen molar-refractivity contribution in [2.24, 2.45) is 0 Å². The Bertz CT molecular complexity index is 1870. The van der Waals surface area contributed by atoms with Crippen LogP contribution in [-0.4, -0.2) is 38.3 Å². The topological polar surface area (TPSA) is 21.7 Å². The monoisotopic (exact) mass is 683 g/mol. The van der Waals surface area contributed by atoms with E-state index in [1.54, 1.807) is 0 Å². The van der Waals surface area contributed by atoms with Crippen LogP contribution in [0.25, 0.3) is 22.3 Å². The van der Waals surface area contributed by atoms with Gasteiger partial charge in [-0.25, -0.2) is 0 Å². The van der Waals surface area contributed by atoms with E-state index in [2.05, 4.69) is 196 Å². The number of allylic oxidation sites excluding steroid dienone is 2. The summed E-state index contributed by atoms with van der Waals surface area (Å²) in [5.41, 5.74) is 12.5. The molecule has 0 heterocycles. The molecule has 0 N–H and O–H groups in total. The van der Waals surface area contributed by atoms with Gasteiger partial charge in [-0.3, -0.25) is 4.90 Å². The van der Waals surface area contributed by atoms with Gasteiger partial charge >= 0.3 is 0 Å². The molecule has 0 aliphatic heterocycles. The van der Waals surface area contributed by atoms with Gasteiger partial charge in [-0.15, -0.1) is 0 Å². The second kappa shape index (κ2) is 18.6. The zero-order valence-corrected chi connectivity index (χ0v) is 30.7. The van der Waals surface area contributed by atoms with Crippen molar-refractivity contribution in [1.82, 2.24) is 4.90 Å². The van der Waals surface area contributed by atoms with Gasteiger partial charge in [0.1, 0.15) is 24.7 Å². The average molecular weight is 684 g/mol. The summed E-state index contributed by atoms with van der Waals surface area (Å²) >= 11 is 0. The number of benzene rings is 6. The highest BCUT2D eigenvalue weighted by atomic mass is 16.5. The molecule has 0 aliphatic carbocycles. The lowest BCUT2D eigenvalue weighted by atomic mass is 9.88. The second-order valence-electron chi connectivity index (χ2n) is 12.9. The molecule has 0 bridgehead atoms. The largest absolute Gasteiger partial charge is 0.492 e. The van der Waals surface area contributed by atoms with Crippen LogP contribution in [0.4, 0.5) is 0 Å². The molecule has 262 valence electrons. The van der Waals surface area contributed by atoms with E-state index in [-0.39, 0.29) is 0 Å². The molecule has 52 heavy (non-hydrogen) atoms. The third-order valence-electron chi connectivity index (χ3n) is 9.45. The Morgan fingerprint density at radius 3 is 0.981 bits per heavy atom. The minimum Gasteiger partial charge on any atom is -0.492 e. The van der Waals surface area contributed by atoms with Crippen LogP contribution in [0, 0.1) is 0 Å². The molecule has 3 heteroatoms. The highest BCUT2D eigenvalue weighted by Crippen LogP contribution is 2.36. The molecule has 6 aromatic carbocycles. The molecular formula is C49H49NO2. The molecule has 0 aliphatic rings. The summed E-state index contributed by atoms with van der Waals surface area (Å²) in [7, 11) is 2.11. The van der Waals surface area contributed by atoms with Crippen molar-refractivity contribution < 1.29 is 9.47 Å². The number of hydrogen-bond acceptors (Lipinski definition) is 3. The van der Waals surface area contributed by atoms with Gasteiger partial charge in [-0.1, -0.05) is 159 Å². The molecule has 0 spiro atoms. The second-order valence-corrected chi connectivity index (χ2v) is 12.9. The normalized spacial score (nSPS) is 12.2. The highest BCUT2D eigenvalue weighted by molar-refractivity contribution is 5.99. The summed E-state index contributed by atoms with van der Waals surface area (Å²) in [6.45, 7) is 7.28. The molecule has 0 unspecified atom stereocenters. The predicted octanol–water partition coefficient (Wildman–Crippen LogP) is 11.8. The quantitative estimate of drug-likeness (QED) is 0.0948. The maximum Gasteiger partial charge on any atom is 0.119 e. The summed E-state index contributed by atoms with van der Waals surface area (Å²) in [5, 5.41) is 0. The van der Waals surface area contributed by atoms with Crippen molar-refractivity contribution in [2.45, 2.75) is 26.7 Å².